The Morgan fingerprint density at radius 3 is 2.45 bits per heavy atom. The second kappa shape index (κ2) is 10.3. The van der Waals surface area contributed by atoms with Crippen molar-refractivity contribution >= 4 is 35.1 Å². The van der Waals surface area contributed by atoms with Crippen LogP contribution in [-0.2, 0) is 5.75 Å². The highest BCUT2D eigenvalue weighted by molar-refractivity contribution is 7.98. The van der Waals surface area contributed by atoms with Gasteiger partial charge in [-0.15, -0.1) is 0 Å². The quantitative estimate of drug-likeness (QED) is 0.335. The SMILES string of the molecule is COc1ccc(C(=O)Nc2c(C#N)c(SCc3ccccc3Cl)nn2-c2ccccc2)cc1. The van der Waals surface area contributed by atoms with Crippen molar-refractivity contribution in [2.24, 2.45) is 0 Å². The average Bonchev–Trinajstić information content (AvgIpc) is 3.21. The zero-order chi connectivity index (χ0) is 23.2. The minimum Gasteiger partial charge on any atom is -0.497 e. The summed E-state index contributed by atoms with van der Waals surface area (Å²) < 4.78 is 6.73. The van der Waals surface area contributed by atoms with Crippen molar-refractivity contribution in [3.8, 4) is 17.5 Å². The van der Waals surface area contributed by atoms with Gasteiger partial charge < -0.3 is 10.1 Å². The molecule has 33 heavy (non-hydrogen) atoms. The lowest BCUT2D eigenvalue weighted by Gasteiger charge is -2.09. The van der Waals surface area contributed by atoms with Crippen LogP contribution in [0.3, 0.4) is 0 Å². The summed E-state index contributed by atoms with van der Waals surface area (Å²) in [5.74, 6) is 1.14. The summed E-state index contributed by atoms with van der Waals surface area (Å²) in [6.45, 7) is 0. The molecule has 8 heteroatoms. The Bertz CT molecular complexity index is 1310. The molecular weight excluding hydrogens is 456 g/mol. The Balaban J connectivity index is 1.70. The number of hydrogen-bond donors (Lipinski definition) is 1. The summed E-state index contributed by atoms with van der Waals surface area (Å²) in [6.07, 6.45) is 0. The minimum atomic E-state index is -0.353. The van der Waals surface area contributed by atoms with Crippen molar-refractivity contribution in [1.29, 1.82) is 5.26 Å². The maximum absolute atomic E-state index is 13.0. The fourth-order valence-electron chi connectivity index (χ4n) is 3.15. The second-order valence-electron chi connectivity index (χ2n) is 6.95. The van der Waals surface area contributed by atoms with Crippen molar-refractivity contribution in [2.45, 2.75) is 10.8 Å². The van der Waals surface area contributed by atoms with E-state index in [0.29, 0.717) is 32.9 Å². The normalized spacial score (nSPS) is 10.5. The van der Waals surface area contributed by atoms with E-state index in [-0.39, 0.29) is 11.5 Å². The number of nitrogens with one attached hydrogen (secondary N) is 1. The topological polar surface area (TPSA) is 79.9 Å². The molecule has 0 fully saturated rings. The van der Waals surface area contributed by atoms with E-state index in [4.69, 9.17) is 16.3 Å². The zero-order valence-electron chi connectivity index (χ0n) is 17.7. The summed E-state index contributed by atoms with van der Waals surface area (Å²) in [4.78, 5) is 13.0. The van der Waals surface area contributed by atoms with Gasteiger partial charge >= 0.3 is 0 Å². The van der Waals surface area contributed by atoms with Crippen molar-refractivity contribution < 1.29 is 9.53 Å². The van der Waals surface area contributed by atoms with E-state index in [2.05, 4.69) is 16.5 Å². The maximum atomic E-state index is 13.0. The molecule has 0 saturated heterocycles. The molecule has 164 valence electrons. The Morgan fingerprint density at radius 2 is 1.79 bits per heavy atom. The van der Waals surface area contributed by atoms with Gasteiger partial charge in [-0.05, 0) is 48.0 Å². The molecule has 0 saturated carbocycles. The fraction of sp³-hybridized carbons (Fsp3) is 0.0800. The number of carbonyl (C=O) groups is 1. The highest BCUT2D eigenvalue weighted by Crippen LogP contribution is 2.33. The van der Waals surface area contributed by atoms with Crippen LogP contribution in [0.25, 0.3) is 5.69 Å². The predicted molar refractivity (Wildman–Crippen MR) is 130 cm³/mol. The number of halogens is 1. The number of nitrogens with zero attached hydrogens (tertiary/aromatic N) is 3. The van der Waals surface area contributed by atoms with Gasteiger partial charge in [-0.25, -0.2) is 4.68 Å². The zero-order valence-corrected chi connectivity index (χ0v) is 19.2. The molecule has 1 amide bonds. The smallest absolute Gasteiger partial charge is 0.256 e. The van der Waals surface area contributed by atoms with Crippen molar-refractivity contribution in [3.05, 3.63) is 101 Å². The van der Waals surface area contributed by atoms with Gasteiger partial charge in [-0.2, -0.15) is 10.4 Å². The molecule has 4 rings (SSSR count). The number of carbonyl (C=O) groups excluding carboxylic acids is 1. The highest BCUT2D eigenvalue weighted by atomic mass is 35.5. The summed E-state index contributed by atoms with van der Waals surface area (Å²) in [7, 11) is 1.56. The molecule has 1 aromatic heterocycles. The Hall–Kier alpha value is -3.73. The third-order valence-electron chi connectivity index (χ3n) is 4.87. The van der Waals surface area contributed by atoms with Gasteiger partial charge in [0.2, 0.25) is 0 Å². The number of aromatic nitrogens is 2. The first kappa shape index (κ1) is 22.5. The van der Waals surface area contributed by atoms with Gasteiger partial charge in [-0.1, -0.05) is 59.8 Å². The highest BCUT2D eigenvalue weighted by Gasteiger charge is 2.22. The second-order valence-corrected chi connectivity index (χ2v) is 8.32. The number of nitriles is 1. The molecule has 3 aromatic carbocycles. The van der Waals surface area contributed by atoms with Crippen LogP contribution in [-0.4, -0.2) is 22.8 Å². The van der Waals surface area contributed by atoms with Crippen molar-refractivity contribution in [3.63, 3.8) is 0 Å². The fourth-order valence-corrected chi connectivity index (χ4v) is 4.41. The lowest BCUT2D eigenvalue weighted by molar-refractivity contribution is 0.102. The molecule has 0 atom stereocenters. The number of amides is 1. The van der Waals surface area contributed by atoms with E-state index >= 15 is 0 Å². The molecule has 0 radical (unpaired) electrons. The van der Waals surface area contributed by atoms with Gasteiger partial charge in [0.1, 0.15) is 22.4 Å². The molecule has 1 heterocycles. The van der Waals surface area contributed by atoms with Gasteiger partial charge in [-0.3, -0.25) is 4.79 Å². The molecule has 0 aliphatic rings. The van der Waals surface area contributed by atoms with Crippen molar-refractivity contribution in [2.75, 3.05) is 12.4 Å². The van der Waals surface area contributed by atoms with Crippen LogP contribution in [0.2, 0.25) is 5.02 Å². The van der Waals surface area contributed by atoms with Gasteiger partial charge in [0.25, 0.3) is 5.91 Å². The third-order valence-corrected chi connectivity index (χ3v) is 6.26. The largest absolute Gasteiger partial charge is 0.497 e. The number of para-hydroxylation sites is 1. The van der Waals surface area contributed by atoms with Crippen LogP contribution >= 0.6 is 23.4 Å². The van der Waals surface area contributed by atoms with E-state index in [1.54, 1.807) is 36.1 Å². The number of hydrogen-bond acceptors (Lipinski definition) is 5. The first-order valence-corrected chi connectivity index (χ1v) is 11.4. The van der Waals surface area contributed by atoms with Crippen LogP contribution in [0.1, 0.15) is 21.5 Å². The molecule has 0 aliphatic heterocycles. The Labute approximate surface area is 200 Å². The minimum absolute atomic E-state index is 0.290. The lowest BCUT2D eigenvalue weighted by Crippen LogP contribution is -2.16. The number of anilines is 1. The number of ether oxygens (including phenoxy) is 1. The molecule has 0 aliphatic carbocycles. The standard InChI is InChI=1S/C25H19ClN4O2S/c1-32-20-13-11-17(12-14-20)24(31)28-23-21(15-27)25(29-30(23)19-8-3-2-4-9-19)33-16-18-7-5-6-10-22(18)26/h2-14H,16H2,1H3,(H,28,31). The first-order chi connectivity index (χ1) is 16.1. The summed E-state index contributed by atoms with van der Waals surface area (Å²) in [6, 6.07) is 25.8. The molecule has 0 bridgehead atoms. The monoisotopic (exact) mass is 474 g/mol. The van der Waals surface area contributed by atoms with Gasteiger partial charge in [0, 0.05) is 16.3 Å². The Morgan fingerprint density at radius 1 is 1.09 bits per heavy atom. The predicted octanol–water partition coefficient (Wildman–Crippen LogP) is 5.95. The van der Waals surface area contributed by atoms with E-state index in [1.165, 1.54) is 11.8 Å². The van der Waals surface area contributed by atoms with Crippen LogP contribution in [0.15, 0.2) is 83.9 Å². The number of methoxy groups -OCH3 is 1. The average molecular weight is 475 g/mol. The lowest BCUT2D eigenvalue weighted by atomic mass is 10.2. The van der Waals surface area contributed by atoms with Crippen LogP contribution in [0, 0.1) is 11.3 Å². The summed E-state index contributed by atoms with van der Waals surface area (Å²) in [5.41, 5.74) is 2.39. The van der Waals surface area contributed by atoms with Gasteiger partial charge in [0.15, 0.2) is 5.82 Å². The number of rotatable bonds is 7. The van der Waals surface area contributed by atoms with E-state index in [9.17, 15) is 10.1 Å². The third kappa shape index (κ3) is 5.03. The first-order valence-electron chi connectivity index (χ1n) is 10.0. The number of thioether (sulfide) groups is 1. The molecular formula is C25H19ClN4O2S. The maximum Gasteiger partial charge on any atom is 0.256 e. The Kier molecular flexibility index (Phi) is 6.98. The molecule has 1 N–H and O–H groups in total. The van der Waals surface area contributed by atoms with Crippen molar-refractivity contribution in [1.82, 2.24) is 9.78 Å². The summed E-state index contributed by atoms with van der Waals surface area (Å²) >= 11 is 7.67. The van der Waals surface area contributed by atoms with Gasteiger partial charge in [0.05, 0.1) is 12.8 Å². The van der Waals surface area contributed by atoms with Crippen LogP contribution in [0.4, 0.5) is 5.82 Å². The van der Waals surface area contributed by atoms with E-state index in [0.717, 1.165) is 11.3 Å². The van der Waals surface area contributed by atoms with Crippen LogP contribution in [0.5, 0.6) is 5.75 Å². The van der Waals surface area contributed by atoms with Crippen LogP contribution < -0.4 is 10.1 Å². The molecule has 6 nitrogen and oxygen atoms in total. The molecule has 0 spiro atoms. The van der Waals surface area contributed by atoms with E-state index < -0.39 is 0 Å². The molecule has 4 aromatic rings. The number of benzene rings is 3. The van der Waals surface area contributed by atoms with E-state index in [1.807, 2.05) is 54.6 Å². The molecule has 0 unspecified atom stereocenters. The summed E-state index contributed by atoms with van der Waals surface area (Å²) in [5, 5.41) is 18.6.